The molecule has 0 saturated carbocycles. The molecular formula is C13H11F3N2O2. The Morgan fingerprint density at radius 2 is 2.00 bits per heavy atom. The molecule has 0 fully saturated rings. The van der Waals surface area contributed by atoms with Crippen molar-refractivity contribution in [3.05, 3.63) is 41.2 Å². The smallest absolute Gasteiger partial charge is 0.416 e. The number of halogens is 3. The number of benzene rings is 1. The first-order valence-electron chi connectivity index (χ1n) is 5.47. The van der Waals surface area contributed by atoms with Crippen molar-refractivity contribution in [2.75, 3.05) is 13.7 Å². The van der Waals surface area contributed by atoms with Crippen molar-refractivity contribution < 1.29 is 22.7 Å². The summed E-state index contributed by atoms with van der Waals surface area (Å²) in [5.41, 5.74) is -0.319. The van der Waals surface area contributed by atoms with Crippen LogP contribution in [0.4, 0.5) is 13.2 Å². The Bertz CT molecular complexity index is 542. The number of carbonyl (C=O) groups excluding carboxylic acids is 1. The molecule has 106 valence electrons. The minimum atomic E-state index is -4.43. The Labute approximate surface area is 113 Å². The largest absolute Gasteiger partial charge is 0.486 e. The highest BCUT2D eigenvalue weighted by molar-refractivity contribution is 5.71. The molecule has 1 aromatic rings. The number of nitrogens with zero attached hydrogens (tertiary/aromatic N) is 1. The highest BCUT2D eigenvalue weighted by Gasteiger charge is 2.30. The van der Waals surface area contributed by atoms with E-state index < -0.39 is 11.7 Å². The lowest BCUT2D eigenvalue weighted by Crippen LogP contribution is -2.17. The van der Waals surface area contributed by atoms with E-state index in [0.29, 0.717) is 11.8 Å². The first-order chi connectivity index (χ1) is 9.43. The molecule has 0 radical (unpaired) electrons. The molecule has 4 nitrogen and oxygen atoms in total. The number of alkyl halides is 3. The second-order valence-corrected chi connectivity index (χ2v) is 3.64. The lowest BCUT2D eigenvalue weighted by Gasteiger charge is -2.12. The fourth-order valence-corrected chi connectivity index (χ4v) is 1.49. The first-order valence-corrected chi connectivity index (χ1v) is 5.47. The van der Waals surface area contributed by atoms with Crippen molar-refractivity contribution >= 4 is 12.0 Å². The maximum atomic E-state index is 12.5. The van der Waals surface area contributed by atoms with Crippen LogP contribution in [-0.4, -0.2) is 19.9 Å². The predicted octanol–water partition coefficient (Wildman–Crippen LogP) is 2.33. The molecule has 0 aliphatic rings. The van der Waals surface area contributed by atoms with Gasteiger partial charge in [0.05, 0.1) is 24.9 Å². The highest BCUT2D eigenvalue weighted by atomic mass is 19.4. The molecular weight excluding hydrogens is 273 g/mol. The van der Waals surface area contributed by atoms with Gasteiger partial charge in [-0.1, -0.05) is 12.1 Å². The molecule has 20 heavy (non-hydrogen) atoms. The number of nitriles is 1. The SMILES string of the molecule is COC(C#N)=C(NCC=O)c1ccc(C(F)(F)F)cc1. The zero-order chi connectivity index (χ0) is 15.2. The van der Waals surface area contributed by atoms with Crippen LogP contribution in [0.1, 0.15) is 11.1 Å². The summed E-state index contributed by atoms with van der Waals surface area (Å²) in [4.78, 5) is 10.4. The second-order valence-electron chi connectivity index (χ2n) is 3.64. The van der Waals surface area contributed by atoms with Crippen LogP contribution in [0.2, 0.25) is 0 Å². The van der Waals surface area contributed by atoms with Crippen LogP contribution in [-0.2, 0) is 15.7 Å². The van der Waals surface area contributed by atoms with Crippen molar-refractivity contribution in [1.29, 1.82) is 5.26 Å². The third kappa shape index (κ3) is 3.75. The summed E-state index contributed by atoms with van der Waals surface area (Å²) in [6.07, 6.45) is -3.87. The molecule has 0 saturated heterocycles. The minimum absolute atomic E-state index is 0.0924. The molecule has 7 heteroatoms. The summed E-state index contributed by atoms with van der Waals surface area (Å²) in [5, 5.41) is 11.5. The van der Waals surface area contributed by atoms with Gasteiger partial charge in [-0.25, -0.2) is 0 Å². The van der Waals surface area contributed by atoms with E-state index in [2.05, 4.69) is 5.32 Å². The first kappa shape index (κ1) is 15.6. The Morgan fingerprint density at radius 1 is 1.40 bits per heavy atom. The third-order valence-corrected chi connectivity index (χ3v) is 2.40. The van der Waals surface area contributed by atoms with Gasteiger partial charge in [0.1, 0.15) is 12.4 Å². The van der Waals surface area contributed by atoms with Gasteiger partial charge < -0.3 is 14.8 Å². The summed E-state index contributed by atoms with van der Waals surface area (Å²) in [6, 6.07) is 5.95. The second kappa shape index (κ2) is 6.61. The topological polar surface area (TPSA) is 62.1 Å². The fraction of sp³-hybridized carbons (Fsp3) is 0.231. The van der Waals surface area contributed by atoms with Crippen molar-refractivity contribution in [1.82, 2.24) is 5.32 Å². The van der Waals surface area contributed by atoms with Crippen molar-refractivity contribution in [2.45, 2.75) is 6.18 Å². The van der Waals surface area contributed by atoms with Gasteiger partial charge in [-0.05, 0) is 12.1 Å². The fourth-order valence-electron chi connectivity index (χ4n) is 1.49. The Balaban J connectivity index is 3.19. The monoisotopic (exact) mass is 284 g/mol. The molecule has 0 aromatic heterocycles. The summed E-state index contributed by atoms with van der Waals surface area (Å²) >= 11 is 0. The van der Waals surface area contributed by atoms with Crippen molar-refractivity contribution in [2.24, 2.45) is 0 Å². The predicted molar refractivity (Wildman–Crippen MR) is 65.1 cm³/mol. The van der Waals surface area contributed by atoms with E-state index in [0.717, 1.165) is 12.1 Å². The van der Waals surface area contributed by atoms with Gasteiger partial charge in [-0.15, -0.1) is 0 Å². The highest BCUT2D eigenvalue weighted by Crippen LogP contribution is 2.30. The molecule has 0 aliphatic carbocycles. The van der Waals surface area contributed by atoms with E-state index in [-0.39, 0.29) is 18.0 Å². The maximum absolute atomic E-state index is 12.5. The molecule has 0 heterocycles. The lowest BCUT2D eigenvalue weighted by molar-refractivity contribution is -0.137. The van der Waals surface area contributed by atoms with Gasteiger partial charge in [0.2, 0.25) is 5.76 Å². The lowest BCUT2D eigenvalue weighted by atomic mass is 10.1. The van der Waals surface area contributed by atoms with Crippen LogP contribution in [0.5, 0.6) is 0 Å². The molecule has 0 aliphatic heterocycles. The molecule has 0 unspecified atom stereocenters. The normalized spacial score (nSPS) is 12.2. The molecule has 0 amide bonds. The Hall–Kier alpha value is -2.49. The summed E-state index contributed by atoms with van der Waals surface area (Å²) < 4.78 is 42.2. The zero-order valence-corrected chi connectivity index (χ0v) is 10.5. The summed E-state index contributed by atoms with van der Waals surface area (Å²) in [6.45, 7) is -0.0924. The van der Waals surface area contributed by atoms with E-state index in [4.69, 9.17) is 10.00 Å². The molecule has 1 N–H and O–H groups in total. The van der Waals surface area contributed by atoms with Crippen LogP contribution >= 0.6 is 0 Å². The molecule has 0 spiro atoms. The van der Waals surface area contributed by atoms with Gasteiger partial charge in [0.25, 0.3) is 0 Å². The number of allylic oxidation sites excluding steroid dienone is 1. The number of hydrogen-bond acceptors (Lipinski definition) is 4. The number of methoxy groups -OCH3 is 1. The number of hydrogen-bond donors (Lipinski definition) is 1. The van der Waals surface area contributed by atoms with Crippen LogP contribution in [0.15, 0.2) is 30.0 Å². The molecule has 0 bridgehead atoms. The number of carbonyl (C=O) groups is 1. The van der Waals surface area contributed by atoms with Gasteiger partial charge in [-0.2, -0.15) is 18.4 Å². The van der Waals surface area contributed by atoms with Crippen LogP contribution in [0.25, 0.3) is 5.70 Å². The van der Waals surface area contributed by atoms with E-state index >= 15 is 0 Å². The minimum Gasteiger partial charge on any atom is -0.486 e. The summed E-state index contributed by atoms with van der Waals surface area (Å²) in [7, 11) is 1.26. The molecule has 0 atom stereocenters. The van der Waals surface area contributed by atoms with Gasteiger partial charge in [-0.3, -0.25) is 0 Å². The summed E-state index contributed by atoms with van der Waals surface area (Å²) in [5.74, 6) is -0.119. The van der Waals surface area contributed by atoms with E-state index in [9.17, 15) is 18.0 Å². The molecule has 1 rings (SSSR count). The number of rotatable bonds is 5. The van der Waals surface area contributed by atoms with Gasteiger partial charge >= 0.3 is 6.18 Å². The third-order valence-electron chi connectivity index (χ3n) is 2.40. The van der Waals surface area contributed by atoms with Crippen LogP contribution < -0.4 is 5.32 Å². The number of ether oxygens (including phenoxy) is 1. The molecule has 1 aromatic carbocycles. The van der Waals surface area contributed by atoms with E-state index in [1.807, 2.05) is 0 Å². The average Bonchev–Trinajstić information content (AvgIpc) is 2.43. The van der Waals surface area contributed by atoms with E-state index in [1.54, 1.807) is 6.07 Å². The van der Waals surface area contributed by atoms with Crippen molar-refractivity contribution in [3.63, 3.8) is 0 Å². The average molecular weight is 284 g/mol. The van der Waals surface area contributed by atoms with Gasteiger partial charge in [0.15, 0.2) is 0 Å². The van der Waals surface area contributed by atoms with Crippen LogP contribution in [0, 0.1) is 11.3 Å². The number of aldehydes is 1. The van der Waals surface area contributed by atoms with E-state index in [1.165, 1.54) is 19.2 Å². The Morgan fingerprint density at radius 3 is 2.40 bits per heavy atom. The quantitative estimate of drug-likeness (QED) is 0.512. The Kier molecular flexibility index (Phi) is 5.15. The van der Waals surface area contributed by atoms with Crippen molar-refractivity contribution in [3.8, 4) is 6.07 Å². The van der Waals surface area contributed by atoms with Gasteiger partial charge in [0, 0.05) is 5.56 Å². The maximum Gasteiger partial charge on any atom is 0.416 e. The zero-order valence-electron chi connectivity index (χ0n) is 10.5. The van der Waals surface area contributed by atoms with Crippen LogP contribution in [0.3, 0.4) is 0 Å². The standard InChI is InChI=1S/C13H11F3N2O2/c1-20-11(8-17)12(18-6-7-19)9-2-4-10(5-3-9)13(14,15)16/h2-5,7,18H,6H2,1H3. The number of nitrogens with one attached hydrogen (secondary N) is 1.